The number of aryl methyl sites for hydroxylation is 1. The molecule has 5 rings (SSSR count). The average molecular weight is 427 g/mol. The van der Waals surface area contributed by atoms with Crippen LogP contribution in [0.3, 0.4) is 0 Å². The van der Waals surface area contributed by atoms with Gasteiger partial charge in [-0.3, -0.25) is 4.68 Å². The molecular weight excluding hydrogens is 400 g/mol. The van der Waals surface area contributed by atoms with E-state index >= 15 is 0 Å². The van der Waals surface area contributed by atoms with Crippen LogP contribution in [0.1, 0.15) is 17.0 Å². The Hall–Kier alpha value is -4.07. The summed E-state index contributed by atoms with van der Waals surface area (Å²) in [5, 5.41) is 9.61. The molecule has 0 radical (unpaired) electrons. The molecule has 3 aromatic heterocycles. The van der Waals surface area contributed by atoms with Crippen LogP contribution in [0.25, 0.3) is 21.9 Å². The molecule has 1 atom stereocenters. The van der Waals surface area contributed by atoms with Crippen LogP contribution in [0.4, 0.5) is 17.5 Å². The first-order valence-corrected chi connectivity index (χ1v) is 10.5. The van der Waals surface area contributed by atoms with Crippen LogP contribution in [-0.2, 0) is 7.05 Å². The van der Waals surface area contributed by atoms with E-state index in [1.54, 1.807) is 10.9 Å². The van der Waals surface area contributed by atoms with Gasteiger partial charge in [-0.2, -0.15) is 15.1 Å². The van der Waals surface area contributed by atoms with Crippen LogP contribution < -0.4 is 16.0 Å². The Balaban J connectivity index is 1.52. The Labute approximate surface area is 186 Å². The topological polar surface area (TPSA) is 101 Å². The SMILES string of the molecule is CN(C)c1ccc(C(CNc2nc(N)c3cnn(C)c3n2)c2c[nH]c3ccccc23)cc1. The highest BCUT2D eigenvalue weighted by molar-refractivity contribution is 5.86. The third-order valence-corrected chi connectivity index (χ3v) is 5.89. The van der Waals surface area contributed by atoms with Crippen LogP contribution in [0, 0.1) is 0 Å². The summed E-state index contributed by atoms with van der Waals surface area (Å²) in [7, 11) is 5.94. The van der Waals surface area contributed by atoms with Crippen molar-refractivity contribution in [3.05, 3.63) is 72.1 Å². The number of hydrogen-bond acceptors (Lipinski definition) is 6. The summed E-state index contributed by atoms with van der Waals surface area (Å²) in [6.07, 6.45) is 3.78. The summed E-state index contributed by atoms with van der Waals surface area (Å²) in [6.45, 7) is 0.617. The van der Waals surface area contributed by atoms with E-state index < -0.39 is 0 Å². The lowest BCUT2D eigenvalue weighted by Gasteiger charge is -2.20. The molecule has 0 aliphatic heterocycles. The minimum absolute atomic E-state index is 0.0921. The molecule has 0 aliphatic rings. The molecule has 32 heavy (non-hydrogen) atoms. The quantitative estimate of drug-likeness (QED) is 0.382. The van der Waals surface area contributed by atoms with Gasteiger partial charge < -0.3 is 20.9 Å². The van der Waals surface area contributed by atoms with Gasteiger partial charge in [0.05, 0.1) is 11.6 Å². The Kier molecular flexibility index (Phi) is 4.89. The van der Waals surface area contributed by atoms with Crippen LogP contribution in [0.15, 0.2) is 60.9 Å². The van der Waals surface area contributed by atoms with Gasteiger partial charge in [-0.05, 0) is 29.3 Å². The number of anilines is 3. The third-order valence-electron chi connectivity index (χ3n) is 5.89. The van der Waals surface area contributed by atoms with Crippen molar-refractivity contribution in [2.45, 2.75) is 5.92 Å². The molecule has 2 aromatic carbocycles. The summed E-state index contributed by atoms with van der Waals surface area (Å²) in [5.74, 6) is 1.01. The molecule has 0 bridgehead atoms. The fourth-order valence-corrected chi connectivity index (χ4v) is 4.11. The Morgan fingerprint density at radius 2 is 1.84 bits per heavy atom. The van der Waals surface area contributed by atoms with Gasteiger partial charge in [0, 0.05) is 56.4 Å². The number of nitrogens with one attached hydrogen (secondary N) is 2. The van der Waals surface area contributed by atoms with Crippen LogP contribution in [0.2, 0.25) is 0 Å². The summed E-state index contributed by atoms with van der Waals surface area (Å²) in [6, 6.07) is 17.0. The largest absolute Gasteiger partial charge is 0.383 e. The molecule has 3 heterocycles. The molecule has 8 nitrogen and oxygen atoms in total. The van der Waals surface area contributed by atoms with Crippen molar-refractivity contribution in [2.75, 3.05) is 36.6 Å². The Morgan fingerprint density at radius 3 is 2.62 bits per heavy atom. The molecule has 0 amide bonds. The first-order chi connectivity index (χ1) is 15.5. The normalized spacial score (nSPS) is 12.3. The van der Waals surface area contributed by atoms with Gasteiger partial charge in [0.1, 0.15) is 5.82 Å². The minimum atomic E-state index is 0.0921. The fraction of sp³-hybridized carbons (Fsp3) is 0.208. The molecule has 1 unspecified atom stereocenters. The third kappa shape index (κ3) is 3.49. The number of hydrogen-bond donors (Lipinski definition) is 3. The maximum absolute atomic E-state index is 6.15. The number of nitrogen functional groups attached to an aromatic ring is 1. The summed E-state index contributed by atoms with van der Waals surface area (Å²) in [5.41, 5.74) is 11.6. The zero-order valence-electron chi connectivity index (χ0n) is 18.4. The van der Waals surface area contributed by atoms with Crippen molar-refractivity contribution < 1.29 is 0 Å². The lowest BCUT2D eigenvalue weighted by atomic mass is 9.90. The molecular formula is C24H26N8. The maximum atomic E-state index is 6.15. The second kappa shape index (κ2) is 7.88. The van der Waals surface area contributed by atoms with Gasteiger partial charge in [0.2, 0.25) is 5.95 Å². The molecule has 4 N–H and O–H groups in total. The molecule has 162 valence electrons. The van der Waals surface area contributed by atoms with Crippen molar-refractivity contribution in [2.24, 2.45) is 7.05 Å². The number of benzene rings is 2. The average Bonchev–Trinajstić information content (AvgIpc) is 3.39. The van der Waals surface area contributed by atoms with E-state index in [0.717, 1.165) is 16.6 Å². The number of aromatic nitrogens is 5. The van der Waals surface area contributed by atoms with Crippen LogP contribution in [-0.4, -0.2) is 45.4 Å². The zero-order valence-corrected chi connectivity index (χ0v) is 18.4. The Morgan fingerprint density at radius 1 is 1.06 bits per heavy atom. The van der Waals surface area contributed by atoms with E-state index in [0.29, 0.717) is 24.0 Å². The van der Waals surface area contributed by atoms with E-state index in [2.05, 4.69) is 78.9 Å². The van der Waals surface area contributed by atoms with Gasteiger partial charge in [-0.15, -0.1) is 0 Å². The van der Waals surface area contributed by atoms with E-state index in [9.17, 15) is 0 Å². The first kappa shape index (κ1) is 19.9. The molecule has 5 aromatic rings. The molecule has 0 fully saturated rings. The van der Waals surface area contributed by atoms with Crippen molar-refractivity contribution in [1.82, 2.24) is 24.7 Å². The fourth-order valence-electron chi connectivity index (χ4n) is 4.11. The van der Waals surface area contributed by atoms with Gasteiger partial charge in [-0.25, -0.2) is 0 Å². The lowest BCUT2D eigenvalue weighted by Crippen LogP contribution is -2.16. The summed E-state index contributed by atoms with van der Waals surface area (Å²) < 4.78 is 1.70. The highest BCUT2D eigenvalue weighted by Gasteiger charge is 2.19. The van der Waals surface area contributed by atoms with Gasteiger partial charge >= 0.3 is 0 Å². The predicted octanol–water partition coefficient (Wildman–Crippen LogP) is 3.74. The monoisotopic (exact) mass is 426 g/mol. The number of aromatic amines is 1. The van der Waals surface area contributed by atoms with Crippen molar-refractivity contribution >= 4 is 39.4 Å². The Bertz CT molecular complexity index is 1380. The second-order valence-electron chi connectivity index (χ2n) is 8.15. The number of nitrogens with two attached hydrogens (primary N) is 1. The summed E-state index contributed by atoms with van der Waals surface area (Å²) in [4.78, 5) is 14.6. The van der Waals surface area contributed by atoms with E-state index in [4.69, 9.17) is 5.73 Å². The van der Waals surface area contributed by atoms with Crippen LogP contribution >= 0.6 is 0 Å². The summed E-state index contributed by atoms with van der Waals surface area (Å²) >= 11 is 0. The molecule has 0 aliphatic carbocycles. The maximum Gasteiger partial charge on any atom is 0.226 e. The smallest absolute Gasteiger partial charge is 0.226 e. The number of para-hydroxylation sites is 1. The van der Waals surface area contributed by atoms with E-state index in [1.165, 1.54) is 16.5 Å². The van der Waals surface area contributed by atoms with Gasteiger partial charge in [-0.1, -0.05) is 30.3 Å². The van der Waals surface area contributed by atoms with Crippen molar-refractivity contribution in [3.63, 3.8) is 0 Å². The molecule has 0 spiro atoms. The highest BCUT2D eigenvalue weighted by atomic mass is 15.3. The second-order valence-corrected chi connectivity index (χ2v) is 8.15. The lowest BCUT2D eigenvalue weighted by molar-refractivity contribution is 0.784. The highest BCUT2D eigenvalue weighted by Crippen LogP contribution is 2.32. The van der Waals surface area contributed by atoms with E-state index in [1.807, 2.05) is 27.2 Å². The number of nitrogens with zero attached hydrogens (tertiary/aromatic N) is 5. The molecule has 8 heteroatoms. The number of rotatable bonds is 6. The van der Waals surface area contributed by atoms with Crippen LogP contribution in [0.5, 0.6) is 0 Å². The zero-order chi connectivity index (χ0) is 22.2. The number of H-pyrrole nitrogens is 1. The standard InChI is InChI=1S/C24H26N8/c1-31(2)16-10-8-15(9-11-16)18(19-13-26-21-7-5-4-6-17(19)21)12-27-24-29-22(25)20-14-28-32(3)23(20)30-24/h4-11,13-14,18,26H,12H2,1-3H3,(H3,25,27,29,30). The van der Waals surface area contributed by atoms with Crippen molar-refractivity contribution in [1.29, 1.82) is 0 Å². The van der Waals surface area contributed by atoms with E-state index in [-0.39, 0.29) is 5.92 Å². The molecule has 0 saturated heterocycles. The first-order valence-electron chi connectivity index (χ1n) is 10.5. The van der Waals surface area contributed by atoms with Gasteiger partial charge in [0.15, 0.2) is 5.65 Å². The minimum Gasteiger partial charge on any atom is -0.383 e. The number of fused-ring (bicyclic) bond motifs is 2. The van der Waals surface area contributed by atoms with Gasteiger partial charge in [0.25, 0.3) is 0 Å². The molecule has 0 saturated carbocycles. The predicted molar refractivity (Wildman–Crippen MR) is 130 cm³/mol. The van der Waals surface area contributed by atoms with Crippen molar-refractivity contribution in [3.8, 4) is 0 Å².